The maximum absolute atomic E-state index is 11.9. The molecule has 4 nitrogen and oxygen atoms in total. The highest BCUT2D eigenvalue weighted by molar-refractivity contribution is 14.1. The molecule has 1 amide bonds. The van der Waals surface area contributed by atoms with Crippen molar-refractivity contribution in [2.45, 2.75) is 48.6 Å². The molecule has 2 rings (SSSR count). The second-order valence-corrected chi connectivity index (χ2v) is 7.69. The zero-order chi connectivity index (χ0) is 13.2. The molecule has 0 aromatic carbocycles. The van der Waals surface area contributed by atoms with E-state index in [1.165, 1.54) is 12.8 Å². The summed E-state index contributed by atoms with van der Waals surface area (Å²) in [5.74, 6) is 0.584. The summed E-state index contributed by atoms with van der Waals surface area (Å²) in [6.07, 6.45) is 4.59. The van der Waals surface area contributed by atoms with Crippen molar-refractivity contribution >= 4 is 28.7 Å². The fourth-order valence-electron chi connectivity index (χ4n) is 2.30. The lowest BCUT2D eigenvalue weighted by Gasteiger charge is -2.36. The van der Waals surface area contributed by atoms with Gasteiger partial charge in [0.25, 0.3) is 0 Å². The highest BCUT2D eigenvalue weighted by Crippen LogP contribution is 2.36. The Balaban J connectivity index is 1.78. The van der Waals surface area contributed by atoms with Crippen molar-refractivity contribution in [2.75, 3.05) is 13.1 Å². The number of likely N-dealkylation sites (tertiary alicyclic amines) is 1. The first kappa shape index (κ1) is 13.9. The maximum atomic E-state index is 11.9. The Morgan fingerprint density at radius 1 is 1.56 bits per heavy atom. The van der Waals surface area contributed by atoms with Crippen LogP contribution in [0.5, 0.6) is 0 Å². The van der Waals surface area contributed by atoms with Gasteiger partial charge >= 0.3 is 6.09 Å². The molecule has 0 spiro atoms. The van der Waals surface area contributed by atoms with Gasteiger partial charge < -0.3 is 9.64 Å². The zero-order valence-corrected chi connectivity index (χ0v) is 12.9. The number of nitriles is 1. The van der Waals surface area contributed by atoms with E-state index in [4.69, 9.17) is 10.00 Å². The molecule has 0 aromatic heterocycles. The summed E-state index contributed by atoms with van der Waals surface area (Å²) < 4.78 is 5.51. The van der Waals surface area contributed by atoms with Crippen LogP contribution in [0.1, 0.15) is 39.0 Å². The molecule has 18 heavy (non-hydrogen) atoms. The summed E-state index contributed by atoms with van der Waals surface area (Å²) in [6.45, 7) is 3.40. The first-order valence-corrected chi connectivity index (χ1v) is 7.63. The molecule has 1 aliphatic carbocycles. The van der Waals surface area contributed by atoms with Crippen LogP contribution in [0.15, 0.2) is 0 Å². The topological polar surface area (TPSA) is 53.3 Å². The third-order valence-corrected chi connectivity index (χ3v) is 5.35. The maximum Gasteiger partial charge on any atom is 0.410 e. The van der Waals surface area contributed by atoms with E-state index in [1.54, 1.807) is 4.90 Å². The molecule has 0 bridgehead atoms. The summed E-state index contributed by atoms with van der Waals surface area (Å²) in [5, 5.41) is 8.79. The van der Waals surface area contributed by atoms with Gasteiger partial charge in [-0.25, -0.2) is 4.79 Å². The predicted molar refractivity (Wildman–Crippen MR) is 76.5 cm³/mol. The van der Waals surface area contributed by atoms with Crippen LogP contribution in [0, 0.1) is 17.2 Å². The van der Waals surface area contributed by atoms with Gasteiger partial charge in [-0.05, 0) is 38.5 Å². The molecule has 2 aliphatic rings. The second kappa shape index (κ2) is 5.64. The van der Waals surface area contributed by atoms with E-state index in [2.05, 4.69) is 28.7 Å². The molecule has 2 fully saturated rings. The Morgan fingerprint density at radius 2 is 2.17 bits per heavy atom. The summed E-state index contributed by atoms with van der Waals surface area (Å²) in [7, 11) is 0. The van der Waals surface area contributed by atoms with Crippen molar-refractivity contribution in [2.24, 2.45) is 5.92 Å². The molecular weight excluding hydrogens is 343 g/mol. The Kier molecular flexibility index (Phi) is 4.36. The summed E-state index contributed by atoms with van der Waals surface area (Å²) in [6, 6.07) is 2.24. The first-order valence-electron chi connectivity index (χ1n) is 6.55. The van der Waals surface area contributed by atoms with Gasteiger partial charge in [-0.1, -0.05) is 22.6 Å². The molecule has 100 valence electrons. The van der Waals surface area contributed by atoms with Crippen LogP contribution in [-0.4, -0.2) is 33.6 Å². The number of hydrogen-bond acceptors (Lipinski definition) is 3. The Hall–Kier alpha value is -0.510. The summed E-state index contributed by atoms with van der Waals surface area (Å²) >= 11 is 2.37. The Bertz CT molecular complexity index is 354. The predicted octanol–water partition coefficient (Wildman–Crippen LogP) is 3.10. The molecule has 0 N–H and O–H groups in total. The van der Waals surface area contributed by atoms with Gasteiger partial charge in [0.15, 0.2) is 0 Å². The Morgan fingerprint density at radius 3 is 2.67 bits per heavy atom. The molecule has 1 saturated heterocycles. The average Bonchev–Trinajstić information content (AvgIpc) is 3.13. The van der Waals surface area contributed by atoms with Crippen LogP contribution in [0.3, 0.4) is 0 Å². The number of ether oxygens (including phenoxy) is 1. The van der Waals surface area contributed by atoms with Crippen molar-refractivity contribution in [1.82, 2.24) is 4.90 Å². The molecule has 5 heteroatoms. The van der Waals surface area contributed by atoms with Gasteiger partial charge in [-0.15, -0.1) is 0 Å². The Labute approximate surface area is 122 Å². The minimum absolute atomic E-state index is 0.0470. The number of piperidine rings is 1. The second-order valence-electron chi connectivity index (χ2n) is 5.40. The minimum atomic E-state index is -0.176. The van der Waals surface area contributed by atoms with Crippen LogP contribution in [0.25, 0.3) is 0 Å². The van der Waals surface area contributed by atoms with Gasteiger partial charge in [0.05, 0.1) is 6.07 Å². The quantitative estimate of drug-likeness (QED) is 0.573. The van der Waals surface area contributed by atoms with Gasteiger partial charge in [-0.3, -0.25) is 0 Å². The lowest BCUT2D eigenvalue weighted by atomic mass is 9.94. The number of carbonyl (C=O) groups is 1. The molecule has 1 atom stereocenters. The fraction of sp³-hybridized carbons (Fsp3) is 0.846. The van der Waals surface area contributed by atoms with Crippen molar-refractivity contribution in [3.05, 3.63) is 0 Å². The molecule has 1 heterocycles. The number of carbonyl (C=O) groups excluding carboxylic acids is 1. The molecule has 0 aromatic rings. The highest BCUT2D eigenvalue weighted by Gasteiger charge is 2.36. The third-order valence-electron chi connectivity index (χ3n) is 3.89. The average molecular weight is 362 g/mol. The highest BCUT2D eigenvalue weighted by atomic mass is 127. The number of hydrogen-bond donors (Lipinski definition) is 0. The van der Waals surface area contributed by atoms with Crippen molar-refractivity contribution in [3.8, 4) is 6.07 Å². The summed E-state index contributed by atoms with van der Waals surface area (Å²) in [4.78, 5) is 13.7. The lowest BCUT2D eigenvalue weighted by molar-refractivity contribution is 0.0542. The minimum Gasteiger partial charge on any atom is -0.446 e. The van der Waals surface area contributed by atoms with E-state index in [1.807, 2.05) is 6.92 Å². The number of halogens is 1. The summed E-state index contributed by atoms with van der Waals surface area (Å²) in [5.41, 5.74) is 0. The van der Waals surface area contributed by atoms with Crippen LogP contribution >= 0.6 is 22.6 Å². The fourth-order valence-corrected chi connectivity index (χ4v) is 2.96. The van der Waals surface area contributed by atoms with Crippen molar-refractivity contribution in [3.63, 3.8) is 0 Å². The number of amides is 1. The van der Waals surface area contributed by atoms with E-state index < -0.39 is 0 Å². The normalized spacial score (nSPS) is 24.2. The van der Waals surface area contributed by atoms with Crippen LogP contribution < -0.4 is 0 Å². The molecule has 1 unspecified atom stereocenters. The van der Waals surface area contributed by atoms with Crippen molar-refractivity contribution in [1.29, 1.82) is 5.26 Å². The van der Waals surface area contributed by atoms with Crippen LogP contribution in [0.4, 0.5) is 4.79 Å². The van der Waals surface area contributed by atoms with E-state index >= 15 is 0 Å². The number of alkyl halides is 1. The van der Waals surface area contributed by atoms with E-state index in [-0.39, 0.29) is 15.6 Å². The SMILES string of the molecule is CC(OC(=O)N1CCC(I)(CC#N)CC1)C1CC1. The van der Waals surface area contributed by atoms with E-state index in [9.17, 15) is 4.79 Å². The van der Waals surface area contributed by atoms with Gasteiger partial charge in [-0.2, -0.15) is 5.26 Å². The molecular formula is C13H19IN2O2. The molecule has 1 saturated carbocycles. The standard InChI is InChI=1S/C13H19IN2O2/c1-10(11-2-3-11)18-12(17)16-8-5-13(14,4-7-15)6-9-16/h10-11H,2-6,8-9H2,1H3. The number of rotatable bonds is 3. The zero-order valence-electron chi connectivity index (χ0n) is 10.7. The van der Waals surface area contributed by atoms with Crippen LogP contribution in [-0.2, 0) is 4.74 Å². The molecule has 1 aliphatic heterocycles. The van der Waals surface area contributed by atoms with Gasteiger partial charge in [0.2, 0.25) is 0 Å². The lowest BCUT2D eigenvalue weighted by Crippen LogP contribution is -2.44. The van der Waals surface area contributed by atoms with E-state index in [0.29, 0.717) is 25.4 Å². The van der Waals surface area contributed by atoms with E-state index in [0.717, 1.165) is 12.8 Å². The molecule has 0 radical (unpaired) electrons. The number of nitrogens with zero attached hydrogens (tertiary/aromatic N) is 2. The smallest absolute Gasteiger partial charge is 0.410 e. The largest absolute Gasteiger partial charge is 0.446 e. The van der Waals surface area contributed by atoms with Crippen LogP contribution in [0.2, 0.25) is 0 Å². The first-order chi connectivity index (χ1) is 8.54. The van der Waals surface area contributed by atoms with Gasteiger partial charge in [0.1, 0.15) is 6.10 Å². The van der Waals surface area contributed by atoms with Crippen molar-refractivity contribution < 1.29 is 9.53 Å². The monoisotopic (exact) mass is 362 g/mol. The third kappa shape index (κ3) is 3.50. The van der Waals surface area contributed by atoms with Gasteiger partial charge in [0, 0.05) is 22.9 Å².